The highest BCUT2D eigenvalue weighted by Crippen LogP contribution is 2.41. The average molecular weight is 495 g/mol. The minimum atomic E-state index is -0.506. The number of esters is 1. The highest BCUT2D eigenvalue weighted by molar-refractivity contribution is 9.10. The number of nitrogens with one attached hydrogen (secondary N) is 1. The monoisotopic (exact) mass is 494 g/mol. The van der Waals surface area contributed by atoms with Crippen molar-refractivity contribution in [2.45, 2.75) is 51.7 Å². The fraction of sp³-hybridized carbons (Fsp3) is 0.476. The Balaban J connectivity index is 2.13. The van der Waals surface area contributed by atoms with Crippen LogP contribution in [0.2, 0.25) is 0 Å². The molecule has 162 valence electrons. The van der Waals surface area contributed by atoms with Gasteiger partial charge in [0.05, 0.1) is 18.8 Å². The molecule has 0 aliphatic carbocycles. The van der Waals surface area contributed by atoms with Crippen molar-refractivity contribution < 1.29 is 14.3 Å². The lowest BCUT2D eigenvalue weighted by Gasteiger charge is -2.29. The van der Waals surface area contributed by atoms with Crippen molar-refractivity contribution in [3.63, 3.8) is 0 Å². The van der Waals surface area contributed by atoms with E-state index in [0.29, 0.717) is 41.3 Å². The molecule has 1 aromatic carbocycles. The number of anilines is 1. The number of allylic oxidation sites excluding steroid dienone is 1. The normalized spacial score (nSPS) is 15.6. The predicted molar refractivity (Wildman–Crippen MR) is 122 cm³/mol. The van der Waals surface area contributed by atoms with Gasteiger partial charge in [0.15, 0.2) is 0 Å². The van der Waals surface area contributed by atoms with Gasteiger partial charge < -0.3 is 14.8 Å². The van der Waals surface area contributed by atoms with Crippen molar-refractivity contribution in [2.75, 3.05) is 24.3 Å². The fourth-order valence-electron chi connectivity index (χ4n) is 3.28. The summed E-state index contributed by atoms with van der Waals surface area (Å²) in [6, 6.07) is 5.28. The zero-order chi connectivity index (χ0) is 21.7. The van der Waals surface area contributed by atoms with E-state index in [-0.39, 0.29) is 5.97 Å². The Labute approximate surface area is 189 Å². The van der Waals surface area contributed by atoms with E-state index in [4.69, 9.17) is 9.47 Å². The van der Waals surface area contributed by atoms with Gasteiger partial charge in [-0.3, -0.25) is 0 Å². The number of hydrogen-bond donors (Lipinski definition) is 1. The number of fused-ring (bicyclic) bond motifs is 1. The number of ether oxygens (including phenoxy) is 2. The van der Waals surface area contributed by atoms with E-state index in [0.717, 1.165) is 28.6 Å². The maximum Gasteiger partial charge on any atom is 0.338 e. The van der Waals surface area contributed by atoms with Crippen molar-refractivity contribution in [3.05, 3.63) is 39.5 Å². The molecule has 1 aromatic heterocycles. The van der Waals surface area contributed by atoms with E-state index in [1.807, 2.05) is 32.0 Å². The van der Waals surface area contributed by atoms with E-state index in [9.17, 15) is 4.79 Å². The van der Waals surface area contributed by atoms with Crippen molar-refractivity contribution in [2.24, 2.45) is 0 Å². The number of unbranched alkanes of at least 4 members (excludes halogenated alkanes) is 1. The highest BCUT2D eigenvalue weighted by atomic mass is 79.9. The molecule has 0 fully saturated rings. The van der Waals surface area contributed by atoms with E-state index >= 15 is 0 Å². The second kappa shape index (κ2) is 10.3. The molecule has 2 aromatic rings. The second-order valence-electron chi connectivity index (χ2n) is 6.77. The van der Waals surface area contributed by atoms with Crippen LogP contribution in [-0.4, -0.2) is 39.7 Å². The van der Waals surface area contributed by atoms with Gasteiger partial charge in [-0.1, -0.05) is 48.0 Å². The lowest BCUT2D eigenvalue weighted by atomic mass is 9.95. The molecule has 30 heavy (non-hydrogen) atoms. The molecule has 0 saturated carbocycles. The predicted octanol–water partition coefficient (Wildman–Crippen LogP) is 5.18. The summed E-state index contributed by atoms with van der Waals surface area (Å²) in [4.78, 5) is 17.7. The number of carbonyl (C=O) groups excluding carboxylic acids is 1. The molecule has 3 rings (SSSR count). The van der Waals surface area contributed by atoms with Crippen LogP contribution in [0.3, 0.4) is 0 Å². The number of carbonyl (C=O) groups is 1. The molecule has 7 nitrogen and oxygen atoms in total. The number of thioether (sulfide) groups is 1. The van der Waals surface area contributed by atoms with Crippen LogP contribution in [0.4, 0.5) is 5.95 Å². The van der Waals surface area contributed by atoms with Crippen LogP contribution in [0.25, 0.3) is 0 Å². The third kappa shape index (κ3) is 4.83. The first kappa shape index (κ1) is 22.7. The Morgan fingerprint density at radius 3 is 2.83 bits per heavy atom. The molecule has 0 bridgehead atoms. The zero-order valence-corrected chi connectivity index (χ0v) is 20.1. The van der Waals surface area contributed by atoms with Crippen molar-refractivity contribution in [3.8, 4) is 5.75 Å². The first-order valence-electron chi connectivity index (χ1n) is 10.2. The van der Waals surface area contributed by atoms with Crippen molar-refractivity contribution in [1.82, 2.24) is 14.8 Å². The van der Waals surface area contributed by atoms with Crippen molar-refractivity contribution >= 4 is 39.6 Å². The summed E-state index contributed by atoms with van der Waals surface area (Å²) in [5.74, 6) is 1.80. The van der Waals surface area contributed by atoms with Crippen LogP contribution in [0.5, 0.6) is 5.75 Å². The second-order valence-corrected chi connectivity index (χ2v) is 8.91. The Hall–Kier alpha value is -2.00. The first-order valence-corrected chi connectivity index (χ1v) is 11.9. The minimum Gasteiger partial charge on any atom is -0.494 e. The van der Waals surface area contributed by atoms with Gasteiger partial charge >= 0.3 is 5.97 Å². The summed E-state index contributed by atoms with van der Waals surface area (Å²) >= 11 is 5.11. The Kier molecular flexibility index (Phi) is 7.82. The first-order chi connectivity index (χ1) is 14.5. The van der Waals surface area contributed by atoms with Gasteiger partial charge in [0.2, 0.25) is 11.1 Å². The zero-order valence-electron chi connectivity index (χ0n) is 17.7. The molecule has 0 radical (unpaired) electrons. The van der Waals surface area contributed by atoms with Crippen LogP contribution in [0.1, 0.15) is 52.1 Å². The van der Waals surface area contributed by atoms with Gasteiger partial charge in [-0.05, 0) is 44.2 Å². The summed E-state index contributed by atoms with van der Waals surface area (Å²) < 4.78 is 14.1. The number of rotatable bonds is 9. The fourth-order valence-corrected chi connectivity index (χ4v) is 4.21. The molecule has 0 saturated heterocycles. The lowest BCUT2D eigenvalue weighted by Crippen LogP contribution is -2.30. The number of aromatic nitrogens is 3. The van der Waals surface area contributed by atoms with Gasteiger partial charge in [-0.2, -0.15) is 4.98 Å². The van der Waals surface area contributed by atoms with E-state index < -0.39 is 6.04 Å². The van der Waals surface area contributed by atoms with Crippen LogP contribution < -0.4 is 10.1 Å². The van der Waals surface area contributed by atoms with Gasteiger partial charge in [0.1, 0.15) is 11.8 Å². The lowest BCUT2D eigenvalue weighted by molar-refractivity contribution is -0.139. The topological polar surface area (TPSA) is 78.3 Å². The molecule has 0 amide bonds. The maximum atomic E-state index is 13.1. The number of nitrogens with zero attached hydrogens (tertiary/aromatic N) is 3. The van der Waals surface area contributed by atoms with Crippen LogP contribution in [0.15, 0.2) is 39.1 Å². The van der Waals surface area contributed by atoms with E-state index in [1.165, 1.54) is 0 Å². The Morgan fingerprint density at radius 2 is 2.13 bits per heavy atom. The van der Waals surface area contributed by atoms with Gasteiger partial charge in [-0.15, -0.1) is 5.10 Å². The molecule has 1 aliphatic heterocycles. The number of halogens is 1. The molecule has 0 spiro atoms. The molecule has 1 aliphatic rings. The maximum absolute atomic E-state index is 13.1. The molecule has 2 heterocycles. The molecular formula is C21H27BrN4O3S. The summed E-state index contributed by atoms with van der Waals surface area (Å²) in [6.07, 6.45) is 1.78. The van der Waals surface area contributed by atoms with Crippen LogP contribution in [0, 0.1) is 0 Å². The molecule has 1 unspecified atom stereocenters. The van der Waals surface area contributed by atoms with E-state index in [2.05, 4.69) is 45.2 Å². The van der Waals surface area contributed by atoms with Gasteiger partial charge in [0.25, 0.3) is 0 Å². The molecule has 1 N–H and O–H groups in total. The third-order valence-corrected chi connectivity index (χ3v) is 5.84. The Bertz CT molecular complexity index is 944. The standard InChI is InChI=1S/C21H27BrN4O3S/c1-5-8-11-29-19(27)17-13(4)23-20-24-21(30-7-3)25-26(20)18(17)15-12-14(22)9-10-16(15)28-6-2/h9-10,12,18H,5-8,11H2,1-4H3,(H,23,24,25). The molecule has 9 heteroatoms. The van der Waals surface area contributed by atoms with E-state index in [1.54, 1.807) is 16.4 Å². The summed E-state index contributed by atoms with van der Waals surface area (Å²) in [5.41, 5.74) is 2.04. The summed E-state index contributed by atoms with van der Waals surface area (Å²) in [6.45, 7) is 8.82. The van der Waals surface area contributed by atoms with Crippen LogP contribution in [-0.2, 0) is 9.53 Å². The molecular weight excluding hydrogens is 468 g/mol. The quantitative estimate of drug-likeness (QED) is 0.292. The minimum absolute atomic E-state index is 0.355. The van der Waals surface area contributed by atoms with Gasteiger partial charge in [0, 0.05) is 15.7 Å². The Morgan fingerprint density at radius 1 is 1.33 bits per heavy atom. The van der Waals surface area contributed by atoms with Crippen molar-refractivity contribution in [1.29, 1.82) is 0 Å². The largest absolute Gasteiger partial charge is 0.494 e. The SMILES string of the molecule is CCCCOC(=O)C1=C(C)Nc2nc(SCC)nn2C1c1cc(Br)ccc1OCC. The van der Waals surface area contributed by atoms with Gasteiger partial charge in [-0.25, -0.2) is 9.48 Å². The number of hydrogen-bond acceptors (Lipinski definition) is 7. The smallest absolute Gasteiger partial charge is 0.338 e. The number of benzene rings is 1. The molecule has 1 atom stereocenters. The van der Waals surface area contributed by atoms with Crippen LogP contribution >= 0.6 is 27.7 Å². The average Bonchev–Trinajstić information content (AvgIpc) is 3.10. The highest BCUT2D eigenvalue weighted by Gasteiger charge is 2.37. The summed E-state index contributed by atoms with van der Waals surface area (Å²) in [5, 5.41) is 8.57. The summed E-state index contributed by atoms with van der Waals surface area (Å²) in [7, 11) is 0. The third-order valence-electron chi connectivity index (χ3n) is 4.62.